The molecule has 0 aliphatic rings. The van der Waals surface area contributed by atoms with Crippen molar-refractivity contribution in [1.29, 1.82) is 0 Å². The third kappa shape index (κ3) is 2.43. The lowest BCUT2D eigenvalue weighted by molar-refractivity contribution is 0.0697. The van der Waals surface area contributed by atoms with Crippen LogP contribution in [0.15, 0.2) is 36.5 Å². The van der Waals surface area contributed by atoms with Crippen LogP contribution in [0.3, 0.4) is 0 Å². The summed E-state index contributed by atoms with van der Waals surface area (Å²) in [4.78, 5) is 15.0. The van der Waals surface area contributed by atoms with Crippen molar-refractivity contribution < 1.29 is 14.6 Å². The van der Waals surface area contributed by atoms with Crippen molar-refractivity contribution in [3.05, 3.63) is 47.1 Å². The minimum Gasteiger partial charge on any atom is -0.497 e. The number of hydrogen-bond acceptors (Lipinski definition) is 3. The maximum absolute atomic E-state index is 10.9. The van der Waals surface area contributed by atoms with E-state index in [-0.39, 0.29) is 5.56 Å². The fraction of sp³-hybridized carbons (Fsp3) is 0.0769. The van der Waals surface area contributed by atoms with Gasteiger partial charge in [0.1, 0.15) is 5.75 Å². The first-order chi connectivity index (χ1) is 8.61. The van der Waals surface area contributed by atoms with Crippen LogP contribution in [0.25, 0.3) is 11.3 Å². The summed E-state index contributed by atoms with van der Waals surface area (Å²) in [5, 5.41) is 9.43. The number of nitrogens with zero attached hydrogens (tertiary/aromatic N) is 1. The van der Waals surface area contributed by atoms with Gasteiger partial charge in [-0.25, -0.2) is 4.79 Å². The zero-order valence-corrected chi connectivity index (χ0v) is 10.3. The number of aromatic carboxylic acids is 1. The van der Waals surface area contributed by atoms with Gasteiger partial charge in [-0.15, -0.1) is 0 Å². The predicted octanol–water partition coefficient (Wildman–Crippen LogP) is 3.11. The quantitative estimate of drug-likeness (QED) is 0.924. The summed E-state index contributed by atoms with van der Waals surface area (Å²) in [7, 11) is 1.55. The van der Waals surface area contributed by atoms with Gasteiger partial charge in [-0.2, -0.15) is 0 Å². The summed E-state index contributed by atoms with van der Waals surface area (Å²) in [6.45, 7) is 0. The molecule has 0 radical (unpaired) electrons. The molecule has 0 spiro atoms. The Morgan fingerprint density at radius 2 is 2.11 bits per heavy atom. The van der Waals surface area contributed by atoms with Gasteiger partial charge in [0.2, 0.25) is 0 Å². The highest BCUT2D eigenvalue weighted by molar-refractivity contribution is 6.33. The molecule has 2 aromatic rings. The molecule has 0 amide bonds. The number of rotatable bonds is 3. The number of hydrogen-bond donors (Lipinski definition) is 1. The Morgan fingerprint density at radius 3 is 2.78 bits per heavy atom. The maximum Gasteiger partial charge on any atom is 0.335 e. The van der Waals surface area contributed by atoms with Gasteiger partial charge in [0, 0.05) is 11.8 Å². The average Bonchev–Trinajstić information content (AvgIpc) is 2.39. The van der Waals surface area contributed by atoms with Crippen LogP contribution in [-0.2, 0) is 0 Å². The highest BCUT2D eigenvalue weighted by atomic mass is 35.5. The van der Waals surface area contributed by atoms with E-state index < -0.39 is 5.97 Å². The Labute approximate surface area is 109 Å². The fourth-order valence-corrected chi connectivity index (χ4v) is 1.75. The SMILES string of the molecule is COc1ccc(Cl)c(-c2cc(C(=O)O)ccn2)c1. The zero-order valence-electron chi connectivity index (χ0n) is 9.55. The first-order valence-corrected chi connectivity index (χ1v) is 5.53. The van der Waals surface area contributed by atoms with Crippen LogP contribution >= 0.6 is 11.6 Å². The molecule has 18 heavy (non-hydrogen) atoms. The lowest BCUT2D eigenvalue weighted by Gasteiger charge is -2.07. The first-order valence-electron chi connectivity index (χ1n) is 5.15. The number of ether oxygens (including phenoxy) is 1. The van der Waals surface area contributed by atoms with Crippen LogP contribution in [0.5, 0.6) is 5.75 Å². The molecule has 1 N–H and O–H groups in total. The summed E-state index contributed by atoms with van der Waals surface area (Å²) in [6.07, 6.45) is 1.44. The molecule has 0 fully saturated rings. The van der Waals surface area contributed by atoms with Crippen LogP contribution in [0.4, 0.5) is 0 Å². The number of carboxylic acid groups (broad SMARTS) is 1. The second-order valence-electron chi connectivity index (χ2n) is 3.58. The molecule has 0 bridgehead atoms. The van der Waals surface area contributed by atoms with Crippen molar-refractivity contribution in [2.24, 2.45) is 0 Å². The summed E-state index contributed by atoms with van der Waals surface area (Å²) in [6, 6.07) is 8.04. The van der Waals surface area contributed by atoms with Crippen LogP contribution in [0.1, 0.15) is 10.4 Å². The van der Waals surface area contributed by atoms with Crippen LogP contribution < -0.4 is 4.74 Å². The fourth-order valence-electron chi connectivity index (χ4n) is 1.54. The van der Waals surface area contributed by atoms with Crippen molar-refractivity contribution in [3.8, 4) is 17.0 Å². The van der Waals surface area contributed by atoms with Crippen molar-refractivity contribution in [2.75, 3.05) is 7.11 Å². The van der Waals surface area contributed by atoms with E-state index in [1.807, 2.05) is 0 Å². The van der Waals surface area contributed by atoms with E-state index >= 15 is 0 Å². The molecule has 0 saturated heterocycles. The largest absolute Gasteiger partial charge is 0.497 e. The molecule has 2 rings (SSSR count). The number of benzene rings is 1. The van der Waals surface area contributed by atoms with E-state index in [9.17, 15) is 4.79 Å². The van der Waals surface area contributed by atoms with Gasteiger partial charge in [-0.1, -0.05) is 11.6 Å². The Morgan fingerprint density at radius 1 is 1.33 bits per heavy atom. The van der Waals surface area contributed by atoms with E-state index in [4.69, 9.17) is 21.4 Å². The van der Waals surface area contributed by atoms with Gasteiger partial charge >= 0.3 is 5.97 Å². The molecule has 1 aromatic heterocycles. The van der Waals surface area contributed by atoms with Crippen LogP contribution in [0, 0.1) is 0 Å². The Kier molecular flexibility index (Phi) is 3.48. The minimum absolute atomic E-state index is 0.166. The Hall–Kier alpha value is -2.07. The first kappa shape index (κ1) is 12.4. The van der Waals surface area contributed by atoms with Crippen LogP contribution in [0.2, 0.25) is 5.02 Å². The molecule has 92 valence electrons. The highest BCUT2D eigenvalue weighted by Crippen LogP contribution is 2.30. The topological polar surface area (TPSA) is 59.4 Å². The molecule has 4 nitrogen and oxygen atoms in total. The van der Waals surface area contributed by atoms with Gasteiger partial charge in [0.05, 0.1) is 23.4 Å². The molecular formula is C13H10ClNO3. The Balaban J connectivity index is 2.54. The lowest BCUT2D eigenvalue weighted by atomic mass is 10.1. The molecular weight excluding hydrogens is 254 g/mol. The van der Waals surface area contributed by atoms with Gasteiger partial charge in [-0.05, 0) is 30.3 Å². The van der Waals surface area contributed by atoms with Crippen molar-refractivity contribution in [2.45, 2.75) is 0 Å². The predicted molar refractivity (Wildman–Crippen MR) is 68.2 cm³/mol. The summed E-state index contributed by atoms with van der Waals surface area (Å²) >= 11 is 6.08. The summed E-state index contributed by atoms with van der Waals surface area (Å²) in [5.41, 5.74) is 1.30. The van der Waals surface area contributed by atoms with Crippen molar-refractivity contribution >= 4 is 17.6 Å². The average molecular weight is 264 g/mol. The molecule has 0 aliphatic carbocycles. The van der Waals surface area contributed by atoms with E-state index in [1.54, 1.807) is 25.3 Å². The Bertz CT molecular complexity index is 599. The monoisotopic (exact) mass is 263 g/mol. The summed E-state index contributed by atoms with van der Waals surface area (Å²) in [5.74, 6) is -0.366. The van der Waals surface area contributed by atoms with Gasteiger partial charge in [0.25, 0.3) is 0 Å². The second kappa shape index (κ2) is 5.06. The number of carboxylic acids is 1. The molecule has 0 aliphatic heterocycles. The highest BCUT2D eigenvalue weighted by Gasteiger charge is 2.10. The third-order valence-electron chi connectivity index (χ3n) is 2.46. The normalized spacial score (nSPS) is 10.1. The van der Waals surface area contributed by atoms with E-state index in [0.717, 1.165) is 0 Å². The second-order valence-corrected chi connectivity index (χ2v) is 3.99. The molecule has 5 heteroatoms. The zero-order chi connectivity index (χ0) is 13.1. The molecule has 1 heterocycles. The number of carbonyl (C=O) groups is 1. The lowest BCUT2D eigenvalue weighted by Crippen LogP contribution is -1.97. The molecule has 0 unspecified atom stereocenters. The summed E-state index contributed by atoms with van der Waals surface area (Å²) < 4.78 is 5.11. The standard InChI is InChI=1S/C13H10ClNO3/c1-18-9-2-3-11(14)10(7-9)12-6-8(13(16)17)4-5-15-12/h2-7H,1H3,(H,16,17). The third-order valence-corrected chi connectivity index (χ3v) is 2.79. The van der Waals surface area contributed by atoms with Gasteiger partial charge in [-0.3, -0.25) is 4.98 Å². The van der Waals surface area contributed by atoms with E-state index in [2.05, 4.69) is 4.98 Å². The smallest absolute Gasteiger partial charge is 0.335 e. The molecule has 0 saturated carbocycles. The van der Waals surface area contributed by atoms with E-state index in [0.29, 0.717) is 22.0 Å². The number of pyridine rings is 1. The maximum atomic E-state index is 10.9. The number of methoxy groups -OCH3 is 1. The van der Waals surface area contributed by atoms with E-state index in [1.165, 1.54) is 18.3 Å². The van der Waals surface area contributed by atoms with Crippen LogP contribution in [-0.4, -0.2) is 23.2 Å². The number of halogens is 1. The number of aromatic nitrogens is 1. The van der Waals surface area contributed by atoms with Crippen molar-refractivity contribution in [1.82, 2.24) is 4.98 Å². The van der Waals surface area contributed by atoms with Crippen molar-refractivity contribution in [3.63, 3.8) is 0 Å². The molecule has 0 atom stereocenters. The van der Waals surface area contributed by atoms with Gasteiger partial charge < -0.3 is 9.84 Å². The minimum atomic E-state index is -1.00. The van der Waals surface area contributed by atoms with Gasteiger partial charge in [0.15, 0.2) is 0 Å². The molecule has 1 aromatic carbocycles.